The van der Waals surface area contributed by atoms with Crippen LogP contribution in [0.1, 0.15) is 13.3 Å². The van der Waals surface area contributed by atoms with Crippen molar-refractivity contribution in [3.8, 4) is 5.75 Å². The Morgan fingerprint density at radius 3 is 2.94 bits per heavy atom. The van der Waals surface area contributed by atoms with E-state index in [0.717, 1.165) is 12.2 Å². The third kappa shape index (κ3) is 5.65. The lowest BCUT2D eigenvalue weighted by molar-refractivity contribution is -0.120. The van der Waals surface area contributed by atoms with E-state index in [1.165, 1.54) is 0 Å². The largest absolute Gasteiger partial charge is 0.494 e. The van der Waals surface area contributed by atoms with E-state index in [4.69, 9.17) is 15.2 Å². The van der Waals surface area contributed by atoms with Crippen molar-refractivity contribution in [2.75, 3.05) is 31.7 Å². The molecule has 5 nitrogen and oxygen atoms in total. The molecule has 1 rings (SSSR count). The van der Waals surface area contributed by atoms with Gasteiger partial charge in [-0.05, 0) is 18.6 Å². The van der Waals surface area contributed by atoms with Gasteiger partial charge in [0.15, 0.2) is 0 Å². The summed E-state index contributed by atoms with van der Waals surface area (Å²) >= 11 is 0. The molecule has 18 heavy (non-hydrogen) atoms. The SMILES string of the molecule is CCCOc1cccc(NC(=O)COCCN)c1. The van der Waals surface area contributed by atoms with E-state index in [1.54, 1.807) is 12.1 Å². The number of hydrogen-bond donors (Lipinski definition) is 2. The average molecular weight is 252 g/mol. The number of carbonyl (C=O) groups is 1. The number of hydrogen-bond acceptors (Lipinski definition) is 4. The fraction of sp³-hybridized carbons (Fsp3) is 0.462. The van der Waals surface area contributed by atoms with Crippen LogP contribution in [0, 0.1) is 0 Å². The van der Waals surface area contributed by atoms with Crippen LogP contribution < -0.4 is 15.8 Å². The minimum Gasteiger partial charge on any atom is -0.494 e. The Bertz CT molecular complexity index is 369. The highest BCUT2D eigenvalue weighted by atomic mass is 16.5. The van der Waals surface area contributed by atoms with Gasteiger partial charge in [0.1, 0.15) is 12.4 Å². The number of rotatable bonds is 8. The monoisotopic (exact) mass is 252 g/mol. The second kappa shape index (κ2) is 8.49. The standard InChI is InChI=1S/C13H20N2O3/c1-2-7-18-12-5-3-4-11(9-12)15-13(16)10-17-8-6-14/h3-5,9H,2,6-8,10,14H2,1H3,(H,15,16). The summed E-state index contributed by atoms with van der Waals surface area (Å²) in [6.07, 6.45) is 0.948. The third-order valence-corrected chi connectivity index (χ3v) is 2.09. The summed E-state index contributed by atoms with van der Waals surface area (Å²) in [6.45, 7) is 3.51. The first-order chi connectivity index (χ1) is 8.76. The normalized spacial score (nSPS) is 10.1. The number of amides is 1. The van der Waals surface area contributed by atoms with Gasteiger partial charge in [0.25, 0.3) is 0 Å². The second-order valence-corrected chi connectivity index (χ2v) is 3.77. The van der Waals surface area contributed by atoms with Crippen LogP contribution in [0.25, 0.3) is 0 Å². The molecule has 100 valence electrons. The van der Waals surface area contributed by atoms with E-state index < -0.39 is 0 Å². The van der Waals surface area contributed by atoms with E-state index in [-0.39, 0.29) is 12.5 Å². The second-order valence-electron chi connectivity index (χ2n) is 3.77. The summed E-state index contributed by atoms with van der Waals surface area (Å²) in [5.41, 5.74) is 5.96. The highest BCUT2D eigenvalue weighted by molar-refractivity contribution is 5.91. The van der Waals surface area contributed by atoms with Crippen molar-refractivity contribution in [1.29, 1.82) is 0 Å². The zero-order chi connectivity index (χ0) is 13.2. The Balaban J connectivity index is 2.43. The van der Waals surface area contributed by atoms with Gasteiger partial charge in [-0.1, -0.05) is 13.0 Å². The minimum absolute atomic E-state index is 0.0112. The molecule has 0 saturated carbocycles. The molecule has 0 aliphatic rings. The molecule has 0 fully saturated rings. The minimum atomic E-state index is -0.198. The summed E-state index contributed by atoms with van der Waals surface area (Å²) in [7, 11) is 0. The molecule has 0 aliphatic heterocycles. The Morgan fingerprint density at radius 1 is 1.39 bits per heavy atom. The Kier molecular flexibility index (Phi) is 6.83. The Labute approximate surface area is 107 Å². The van der Waals surface area contributed by atoms with Gasteiger partial charge in [-0.15, -0.1) is 0 Å². The topological polar surface area (TPSA) is 73.6 Å². The number of carbonyl (C=O) groups excluding carboxylic acids is 1. The van der Waals surface area contributed by atoms with Crippen LogP contribution in [0.2, 0.25) is 0 Å². The number of anilines is 1. The maximum Gasteiger partial charge on any atom is 0.250 e. The van der Waals surface area contributed by atoms with Gasteiger partial charge < -0.3 is 20.5 Å². The average Bonchev–Trinajstić information content (AvgIpc) is 2.37. The predicted octanol–water partition coefficient (Wildman–Crippen LogP) is 1.39. The first kappa shape index (κ1) is 14.5. The molecule has 3 N–H and O–H groups in total. The lowest BCUT2D eigenvalue weighted by atomic mass is 10.3. The molecule has 0 unspecified atom stereocenters. The van der Waals surface area contributed by atoms with Crippen LogP contribution in [0.5, 0.6) is 5.75 Å². The van der Waals surface area contributed by atoms with Crippen LogP contribution in [-0.2, 0) is 9.53 Å². The summed E-state index contributed by atoms with van der Waals surface area (Å²) in [4.78, 5) is 11.5. The molecule has 0 aliphatic carbocycles. The first-order valence-electron chi connectivity index (χ1n) is 6.06. The first-order valence-corrected chi connectivity index (χ1v) is 6.06. The number of nitrogens with two attached hydrogens (primary N) is 1. The molecule has 1 aromatic rings. The number of ether oxygens (including phenoxy) is 2. The molecule has 1 aromatic carbocycles. The molecule has 0 atom stereocenters. The van der Waals surface area contributed by atoms with E-state index in [9.17, 15) is 4.79 Å². The Morgan fingerprint density at radius 2 is 2.22 bits per heavy atom. The fourth-order valence-electron chi connectivity index (χ4n) is 1.33. The molecule has 5 heteroatoms. The number of benzene rings is 1. The zero-order valence-corrected chi connectivity index (χ0v) is 10.6. The van der Waals surface area contributed by atoms with E-state index in [0.29, 0.717) is 25.4 Å². The van der Waals surface area contributed by atoms with E-state index in [1.807, 2.05) is 19.1 Å². The highest BCUT2D eigenvalue weighted by Gasteiger charge is 2.03. The third-order valence-electron chi connectivity index (χ3n) is 2.09. The molecule has 0 radical (unpaired) electrons. The van der Waals surface area contributed by atoms with Crippen molar-refractivity contribution >= 4 is 11.6 Å². The van der Waals surface area contributed by atoms with Crippen LogP contribution in [0.15, 0.2) is 24.3 Å². The zero-order valence-electron chi connectivity index (χ0n) is 10.6. The van der Waals surface area contributed by atoms with E-state index >= 15 is 0 Å². The van der Waals surface area contributed by atoms with Crippen LogP contribution in [0.3, 0.4) is 0 Å². The molecule has 0 spiro atoms. The van der Waals surface area contributed by atoms with Crippen molar-refractivity contribution < 1.29 is 14.3 Å². The van der Waals surface area contributed by atoms with Crippen molar-refractivity contribution in [2.24, 2.45) is 5.73 Å². The fourth-order valence-corrected chi connectivity index (χ4v) is 1.33. The molecule has 0 aromatic heterocycles. The van der Waals surface area contributed by atoms with Gasteiger partial charge in [-0.2, -0.15) is 0 Å². The van der Waals surface area contributed by atoms with Gasteiger partial charge in [0, 0.05) is 18.3 Å². The van der Waals surface area contributed by atoms with Crippen molar-refractivity contribution in [1.82, 2.24) is 0 Å². The van der Waals surface area contributed by atoms with Crippen molar-refractivity contribution in [3.63, 3.8) is 0 Å². The molecule has 1 amide bonds. The number of nitrogens with one attached hydrogen (secondary N) is 1. The van der Waals surface area contributed by atoms with Crippen LogP contribution >= 0.6 is 0 Å². The lowest BCUT2D eigenvalue weighted by Crippen LogP contribution is -2.20. The van der Waals surface area contributed by atoms with Gasteiger partial charge in [0.2, 0.25) is 5.91 Å². The summed E-state index contributed by atoms with van der Waals surface area (Å²) in [5, 5.41) is 2.73. The van der Waals surface area contributed by atoms with Gasteiger partial charge in [0.05, 0.1) is 13.2 Å². The maximum atomic E-state index is 11.5. The lowest BCUT2D eigenvalue weighted by Gasteiger charge is -2.08. The highest BCUT2D eigenvalue weighted by Crippen LogP contribution is 2.17. The molecule has 0 bridgehead atoms. The molecule has 0 saturated heterocycles. The predicted molar refractivity (Wildman–Crippen MR) is 70.7 cm³/mol. The molecular weight excluding hydrogens is 232 g/mol. The van der Waals surface area contributed by atoms with Crippen molar-refractivity contribution in [2.45, 2.75) is 13.3 Å². The van der Waals surface area contributed by atoms with Crippen LogP contribution in [0.4, 0.5) is 5.69 Å². The summed E-state index contributed by atoms with van der Waals surface area (Å²) in [5.74, 6) is 0.550. The van der Waals surface area contributed by atoms with Crippen LogP contribution in [-0.4, -0.2) is 32.3 Å². The summed E-state index contributed by atoms with van der Waals surface area (Å²) < 4.78 is 10.5. The molecular formula is C13H20N2O3. The van der Waals surface area contributed by atoms with Crippen molar-refractivity contribution in [3.05, 3.63) is 24.3 Å². The van der Waals surface area contributed by atoms with E-state index in [2.05, 4.69) is 5.32 Å². The van der Waals surface area contributed by atoms with Gasteiger partial charge in [-0.25, -0.2) is 0 Å². The van der Waals surface area contributed by atoms with Gasteiger partial charge in [-0.3, -0.25) is 4.79 Å². The quantitative estimate of drug-likeness (QED) is 0.686. The smallest absolute Gasteiger partial charge is 0.250 e. The van der Waals surface area contributed by atoms with Gasteiger partial charge >= 0.3 is 0 Å². The maximum absolute atomic E-state index is 11.5. The molecule has 0 heterocycles. The summed E-state index contributed by atoms with van der Waals surface area (Å²) in [6, 6.07) is 7.29. The Hall–Kier alpha value is -1.59.